The Morgan fingerprint density at radius 2 is 0.761 bits per heavy atom. The van der Waals surface area contributed by atoms with E-state index in [4.69, 9.17) is 28.4 Å². The molecular weight excluding hydrogens is 845 g/mol. The molecule has 0 unspecified atom stereocenters. The molecule has 0 amide bonds. The summed E-state index contributed by atoms with van der Waals surface area (Å²) in [6.45, 7) is 8.61. The number of carbonyl (C=O) groups excluding carboxylic acids is 4. The zero-order valence-corrected chi connectivity index (χ0v) is 37.3. The summed E-state index contributed by atoms with van der Waals surface area (Å²) >= 11 is 0. The highest BCUT2D eigenvalue weighted by molar-refractivity contribution is 5.97. The molecular formula is C57H52O10. The number of hydrogen-bond acceptors (Lipinski definition) is 10. The van der Waals surface area contributed by atoms with Crippen molar-refractivity contribution in [3.05, 3.63) is 192 Å². The summed E-state index contributed by atoms with van der Waals surface area (Å²) in [7, 11) is 0. The first-order chi connectivity index (χ1) is 32.8. The predicted molar refractivity (Wildman–Crippen MR) is 256 cm³/mol. The summed E-state index contributed by atoms with van der Waals surface area (Å²) in [5.41, 5.74) is 8.24. The van der Waals surface area contributed by atoms with Crippen LogP contribution < -0.4 is 18.9 Å². The van der Waals surface area contributed by atoms with Crippen molar-refractivity contribution in [2.75, 3.05) is 26.4 Å². The van der Waals surface area contributed by atoms with Crippen LogP contribution in [0.1, 0.15) is 94.3 Å². The summed E-state index contributed by atoms with van der Waals surface area (Å²) in [6.07, 6.45) is 9.29. The van der Waals surface area contributed by atoms with Crippen LogP contribution in [0.3, 0.4) is 0 Å². The summed E-state index contributed by atoms with van der Waals surface area (Å²) in [5, 5.41) is 0. The van der Waals surface area contributed by atoms with Crippen LogP contribution in [0.5, 0.6) is 23.0 Å². The molecule has 0 aromatic heterocycles. The van der Waals surface area contributed by atoms with E-state index < -0.39 is 29.3 Å². The lowest BCUT2D eigenvalue weighted by atomic mass is 9.70. The Balaban J connectivity index is 0.952. The topological polar surface area (TPSA) is 124 Å². The Kier molecular flexibility index (Phi) is 14.7. The molecule has 0 fully saturated rings. The van der Waals surface area contributed by atoms with Gasteiger partial charge in [0.25, 0.3) is 0 Å². The molecule has 0 bridgehead atoms. The van der Waals surface area contributed by atoms with Gasteiger partial charge in [-0.15, -0.1) is 0 Å². The van der Waals surface area contributed by atoms with Crippen molar-refractivity contribution in [3.63, 3.8) is 0 Å². The van der Waals surface area contributed by atoms with Crippen molar-refractivity contribution in [2.45, 2.75) is 56.8 Å². The number of fused-ring (bicyclic) bond motifs is 10. The molecule has 10 nitrogen and oxygen atoms in total. The molecule has 0 atom stereocenters. The van der Waals surface area contributed by atoms with Gasteiger partial charge in [-0.05, 0) is 169 Å². The first kappa shape index (κ1) is 45.8. The minimum Gasteiger partial charge on any atom is -0.494 e. The maximum absolute atomic E-state index is 13.6. The maximum atomic E-state index is 13.6. The predicted octanol–water partition coefficient (Wildman–Crippen LogP) is 11.8. The molecule has 340 valence electrons. The third-order valence-corrected chi connectivity index (χ3v) is 12.1. The Hall–Kier alpha value is -7.72. The van der Waals surface area contributed by atoms with Crippen LogP contribution in [0.4, 0.5) is 0 Å². The lowest BCUT2D eigenvalue weighted by Gasteiger charge is -2.30. The van der Waals surface area contributed by atoms with E-state index in [2.05, 4.69) is 37.4 Å². The lowest BCUT2D eigenvalue weighted by molar-refractivity contribution is -0.138. The molecule has 0 heterocycles. The van der Waals surface area contributed by atoms with Crippen LogP contribution in [0.25, 0.3) is 22.3 Å². The van der Waals surface area contributed by atoms with Crippen molar-refractivity contribution in [3.8, 4) is 45.3 Å². The smallest absolute Gasteiger partial charge is 0.343 e. The van der Waals surface area contributed by atoms with Gasteiger partial charge in [-0.3, -0.25) is 0 Å². The summed E-state index contributed by atoms with van der Waals surface area (Å²) in [6, 6.07) is 42.1. The fraction of sp³-hybridized carbons (Fsp3) is 0.228. The number of ether oxygens (including phenoxy) is 6. The van der Waals surface area contributed by atoms with Gasteiger partial charge < -0.3 is 28.4 Å². The zero-order chi connectivity index (χ0) is 46.6. The van der Waals surface area contributed by atoms with Crippen molar-refractivity contribution < 1.29 is 47.6 Å². The van der Waals surface area contributed by atoms with Crippen LogP contribution in [-0.2, 0) is 24.5 Å². The van der Waals surface area contributed by atoms with Crippen LogP contribution >= 0.6 is 0 Å². The molecule has 10 heteroatoms. The highest BCUT2D eigenvalue weighted by Gasteiger charge is 2.52. The van der Waals surface area contributed by atoms with Crippen LogP contribution in [0, 0.1) is 0 Å². The monoisotopic (exact) mass is 896 g/mol. The fourth-order valence-electron chi connectivity index (χ4n) is 8.89. The van der Waals surface area contributed by atoms with E-state index in [0.29, 0.717) is 60.6 Å². The minimum atomic E-state index is -0.794. The SMILES string of the molecule is C=CC(=O)OCCCCCCOc1ccc(C(=O)Oc2ccc3c(c2)C2(c4ccccc4-c4ccccc42)c2cc(OC(=O)c4ccc(OCCCCCCOC(=O)C=C)cc4)ccc2-3)cc1. The first-order valence-corrected chi connectivity index (χ1v) is 22.8. The molecule has 2 aliphatic carbocycles. The number of benzene rings is 6. The molecule has 8 rings (SSSR count). The van der Waals surface area contributed by atoms with E-state index in [0.717, 1.165) is 108 Å². The summed E-state index contributed by atoms with van der Waals surface area (Å²) < 4.78 is 34.0. The van der Waals surface area contributed by atoms with Gasteiger partial charge in [-0.25, -0.2) is 19.2 Å². The van der Waals surface area contributed by atoms with Gasteiger partial charge in [0.15, 0.2) is 0 Å². The number of unbranched alkanes of at least 4 members (excludes halogenated alkanes) is 6. The summed E-state index contributed by atoms with van der Waals surface area (Å²) in [5.74, 6) is 0.316. The second kappa shape index (κ2) is 21.5. The van der Waals surface area contributed by atoms with Gasteiger partial charge in [0.2, 0.25) is 0 Å². The lowest BCUT2D eigenvalue weighted by Crippen LogP contribution is -2.26. The average molecular weight is 897 g/mol. The van der Waals surface area contributed by atoms with Gasteiger partial charge in [0.05, 0.1) is 43.0 Å². The first-order valence-electron chi connectivity index (χ1n) is 22.8. The average Bonchev–Trinajstić information content (AvgIpc) is 3.82. The fourth-order valence-corrected chi connectivity index (χ4v) is 8.89. The highest BCUT2D eigenvalue weighted by Crippen LogP contribution is 2.63. The maximum Gasteiger partial charge on any atom is 0.343 e. The van der Waals surface area contributed by atoms with Crippen molar-refractivity contribution in [1.29, 1.82) is 0 Å². The zero-order valence-electron chi connectivity index (χ0n) is 37.3. The van der Waals surface area contributed by atoms with E-state index in [-0.39, 0.29) is 0 Å². The minimum absolute atomic E-state index is 0.379. The highest BCUT2D eigenvalue weighted by atomic mass is 16.5. The molecule has 1 spiro atoms. The number of carbonyl (C=O) groups is 4. The molecule has 0 N–H and O–H groups in total. The number of hydrogen-bond donors (Lipinski definition) is 0. The largest absolute Gasteiger partial charge is 0.494 e. The molecule has 0 radical (unpaired) electrons. The van der Waals surface area contributed by atoms with Crippen LogP contribution in [0.15, 0.2) is 159 Å². The second-order valence-electron chi connectivity index (χ2n) is 16.4. The number of rotatable bonds is 22. The second-order valence-corrected chi connectivity index (χ2v) is 16.4. The van der Waals surface area contributed by atoms with Gasteiger partial charge in [-0.2, -0.15) is 0 Å². The van der Waals surface area contributed by atoms with Gasteiger partial charge in [-0.1, -0.05) is 73.8 Å². The number of esters is 4. The Bertz CT molecular complexity index is 2580. The third-order valence-electron chi connectivity index (χ3n) is 12.1. The molecule has 6 aromatic carbocycles. The molecule has 67 heavy (non-hydrogen) atoms. The van der Waals surface area contributed by atoms with E-state index in [1.165, 1.54) is 0 Å². The van der Waals surface area contributed by atoms with Gasteiger partial charge >= 0.3 is 23.9 Å². The Morgan fingerprint density at radius 1 is 0.403 bits per heavy atom. The van der Waals surface area contributed by atoms with Gasteiger partial charge in [0, 0.05) is 12.2 Å². The van der Waals surface area contributed by atoms with Crippen molar-refractivity contribution in [2.24, 2.45) is 0 Å². The molecule has 2 aliphatic rings. The van der Waals surface area contributed by atoms with E-state index in [1.54, 1.807) is 48.5 Å². The molecule has 0 saturated carbocycles. The van der Waals surface area contributed by atoms with Crippen molar-refractivity contribution in [1.82, 2.24) is 0 Å². The van der Waals surface area contributed by atoms with Crippen molar-refractivity contribution >= 4 is 23.9 Å². The quantitative estimate of drug-likeness (QED) is 0.0281. The third kappa shape index (κ3) is 10.2. The van der Waals surface area contributed by atoms with E-state index in [9.17, 15) is 19.2 Å². The van der Waals surface area contributed by atoms with Crippen LogP contribution in [0.2, 0.25) is 0 Å². The normalized spacial score (nSPS) is 12.2. The Morgan fingerprint density at radius 3 is 1.16 bits per heavy atom. The molecule has 0 aliphatic heterocycles. The Labute approximate surface area is 390 Å². The van der Waals surface area contributed by atoms with E-state index >= 15 is 0 Å². The molecule has 6 aromatic rings. The standard InChI is InChI=1S/C57H52O10/c1-3-53(58)64-35-15-7-5-13-33-62-41-25-21-39(22-26-41)55(60)66-43-29-31-47-48-32-30-44(67-56(61)40-23-27-42(28-24-40)63-34-14-6-8-16-36-65-54(59)4-2)38-52(48)57(51(47)37-43)49-19-11-9-17-45(49)46-18-10-12-20-50(46)57/h3-4,9-12,17-32,37-38H,1-2,5-8,13-16,33-36H2. The van der Waals surface area contributed by atoms with Gasteiger partial charge in [0.1, 0.15) is 23.0 Å². The molecule has 0 saturated heterocycles. The summed E-state index contributed by atoms with van der Waals surface area (Å²) in [4.78, 5) is 49.6. The van der Waals surface area contributed by atoms with E-state index in [1.807, 2.05) is 60.7 Å². The van der Waals surface area contributed by atoms with Crippen LogP contribution in [-0.4, -0.2) is 50.3 Å².